The Kier molecular flexibility index (Phi) is 5.67. The fourth-order valence-corrected chi connectivity index (χ4v) is 2.41. The molecule has 1 rings (SSSR count). The number of anilines is 1. The normalized spacial score (nSPS) is 13.0. The fraction of sp³-hybridized carbons (Fsp3) is 0.462. The summed E-state index contributed by atoms with van der Waals surface area (Å²) in [5, 5.41) is 10.8. The van der Waals surface area contributed by atoms with Gasteiger partial charge in [0.2, 0.25) is 15.9 Å². The highest BCUT2D eigenvalue weighted by molar-refractivity contribution is 7.89. The van der Waals surface area contributed by atoms with Crippen molar-refractivity contribution in [2.75, 3.05) is 11.9 Å². The fourth-order valence-electron chi connectivity index (χ4n) is 1.60. The monoisotopic (exact) mass is 299 g/mol. The van der Waals surface area contributed by atoms with Gasteiger partial charge < -0.3 is 10.6 Å². The van der Waals surface area contributed by atoms with Crippen LogP contribution in [0.15, 0.2) is 23.1 Å². The first kappa shape index (κ1) is 16.6. The lowest BCUT2D eigenvalue weighted by atomic mass is 10.2. The van der Waals surface area contributed by atoms with E-state index in [-0.39, 0.29) is 23.4 Å². The van der Waals surface area contributed by atoms with E-state index in [4.69, 9.17) is 5.14 Å². The number of hydrogen-bond donors (Lipinski definition) is 3. The summed E-state index contributed by atoms with van der Waals surface area (Å²) in [4.78, 5) is 11.7. The van der Waals surface area contributed by atoms with Gasteiger partial charge in [-0.3, -0.25) is 4.79 Å². The second-order valence-corrected chi connectivity index (χ2v) is 6.29. The van der Waals surface area contributed by atoms with Crippen molar-refractivity contribution in [1.29, 1.82) is 0 Å². The van der Waals surface area contributed by atoms with Crippen LogP contribution in [0.3, 0.4) is 0 Å². The number of nitrogens with one attached hydrogen (secondary N) is 2. The molecular formula is C13H21N3O3S. The zero-order valence-electron chi connectivity index (χ0n) is 11.9. The molecule has 1 aromatic rings. The number of carbonyl (C=O) groups excluding carboxylic acids is 1. The Labute approximate surface area is 119 Å². The van der Waals surface area contributed by atoms with E-state index in [2.05, 4.69) is 10.6 Å². The SMILES string of the molecule is CCC(C)NCC(=O)Nc1ccc(C)c(S(N)(=O)=O)c1. The van der Waals surface area contributed by atoms with Gasteiger partial charge in [0.25, 0.3) is 0 Å². The highest BCUT2D eigenvalue weighted by atomic mass is 32.2. The maximum Gasteiger partial charge on any atom is 0.238 e. The summed E-state index contributed by atoms with van der Waals surface area (Å²) < 4.78 is 22.8. The van der Waals surface area contributed by atoms with Gasteiger partial charge in [-0.25, -0.2) is 13.6 Å². The van der Waals surface area contributed by atoms with Gasteiger partial charge in [-0.2, -0.15) is 0 Å². The second kappa shape index (κ2) is 6.83. The molecule has 0 aliphatic rings. The molecule has 0 aliphatic heterocycles. The molecule has 0 aromatic heterocycles. The van der Waals surface area contributed by atoms with Crippen molar-refractivity contribution < 1.29 is 13.2 Å². The van der Waals surface area contributed by atoms with E-state index < -0.39 is 10.0 Å². The standard InChI is InChI=1S/C13H21N3O3S/c1-4-10(3)15-8-13(17)16-11-6-5-9(2)12(7-11)20(14,18)19/h5-7,10,15H,4,8H2,1-3H3,(H,16,17)(H2,14,18,19). The highest BCUT2D eigenvalue weighted by Crippen LogP contribution is 2.18. The molecule has 0 saturated heterocycles. The van der Waals surface area contributed by atoms with E-state index in [9.17, 15) is 13.2 Å². The van der Waals surface area contributed by atoms with E-state index in [0.29, 0.717) is 11.3 Å². The van der Waals surface area contributed by atoms with Crippen LogP contribution in [0.4, 0.5) is 5.69 Å². The van der Waals surface area contributed by atoms with Crippen molar-refractivity contribution in [3.63, 3.8) is 0 Å². The lowest BCUT2D eigenvalue weighted by Crippen LogP contribution is -2.34. The third kappa shape index (κ3) is 4.92. The first-order valence-electron chi connectivity index (χ1n) is 6.40. The zero-order valence-corrected chi connectivity index (χ0v) is 12.8. The number of carbonyl (C=O) groups is 1. The van der Waals surface area contributed by atoms with Crippen LogP contribution in [-0.4, -0.2) is 26.9 Å². The third-order valence-electron chi connectivity index (χ3n) is 3.00. The number of primary sulfonamides is 1. The molecule has 1 amide bonds. The number of aryl methyl sites for hydroxylation is 1. The highest BCUT2D eigenvalue weighted by Gasteiger charge is 2.13. The molecule has 7 heteroatoms. The van der Waals surface area contributed by atoms with Crippen LogP contribution in [0, 0.1) is 6.92 Å². The van der Waals surface area contributed by atoms with Crippen molar-refractivity contribution in [2.45, 2.75) is 38.1 Å². The summed E-state index contributed by atoms with van der Waals surface area (Å²) in [6, 6.07) is 4.87. The molecule has 0 bridgehead atoms. The molecule has 1 aromatic carbocycles. The van der Waals surface area contributed by atoms with Crippen LogP contribution >= 0.6 is 0 Å². The number of hydrogen-bond acceptors (Lipinski definition) is 4. The predicted octanol–water partition coefficient (Wildman–Crippen LogP) is 0.969. The zero-order chi connectivity index (χ0) is 15.3. The largest absolute Gasteiger partial charge is 0.325 e. The second-order valence-electron chi connectivity index (χ2n) is 4.76. The first-order valence-corrected chi connectivity index (χ1v) is 7.95. The molecule has 0 spiro atoms. The van der Waals surface area contributed by atoms with Gasteiger partial charge in [-0.15, -0.1) is 0 Å². The smallest absolute Gasteiger partial charge is 0.238 e. The van der Waals surface area contributed by atoms with E-state index >= 15 is 0 Å². The maximum atomic E-state index is 11.7. The number of nitrogens with two attached hydrogens (primary N) is 1. The minimum absolute atomic E-state index is 0.0187. The number of rotatable bonds is 6. The number of amides is 1. The molecule has 0 aliphatic carbocycles. The topological polar surface area (TPSA) is 101 Å². The van der Waals surface area contributed by atoms with Gasteiger partial charge in [-0.05, 0) is 38.0 Å². The summed E-state index contributed by atoms with van der Waals surface area (Å²) >= 11 is 0. The Morgan fingerprint density at radius 3 is 2.60 bits per heavy atom. The van der Waals surface area contributed by atoms with Gasteiger partial charge in [0.1, 0.15) is 0 Å². The van der Waals surface area contributed by atoms with Gasteiger partial charge in [0, 0.05) is 11.7 Å². The molecule has 1 unspecified atom stereocenters. The van der Waals surface area contributed by atoms with Crippen molar-refractivity contribution in [1.82, 2.24) is 5.32 Å². The summed E-state index contributed by atoms with van der Waals surface area (Å²) in [7, 11) is -3.79. The average molecular weight is 299 g/mol. The number of sulfonamides is 1. The molecule has 20 heavy (non-hydrogen) atoms. The Morgan fingerprint density at radius 1 is 1.40 bits per heavy atom. The Morgan fingerprint density at radius 2 is 2.05 bits per heavy atom. The third-order valence-corrected chi connectivity index (χ3v) is 4.05. The quantitative estimate of drug-likeness (QED) is 0.728. The molecule has 6 nitrogen and oxygen atoms in total. The Balaban J connectivity index is 2.77. The van der Waals surface area contributed by atoms with Crippen molar-refractivity contribution in [3.05, 3.63) is 23.8 Å². The molecule has 0 radical (unpaired) electrons. The van der Waals surface area contributed by atoms with Crippen molar-refractivity contribution >= 4 is 21.6 Å². The maximum absolute atomic E-state index is 11.7. The van der Waals surface area contributed by atoms with Crippen LogP contribution in [0.5, 0.6) is 0 Å². The molecule has 0 fully saturated rings. The molecule has 0 heterocycles. The van der Waals surface area contributed by atoms with Gasteiger partial charge in [0.15, 0.2) is 0 Å². The average Bonchev–Trinajstić information content (AvgIpc) is 2.37. The minimum atomic E-state index is -3.79. The predicted molar refractivity (Wildman–Crippen MR) is 78.9 cm³/mol. The van der Waals surface area contributed by atoms with Crippen LogP contribution in [0.1, 0.15) is 25.8 Å². The molecule has 4 N–H and O–H groups in total. The summed E-state index contributed by atoms with van der Waals surface area (Å²) in [5.41, 5.74) is 0.957. The van der Waals surface area contributed by atoms with E-state index in [0.717, 1.165) is 6.42 Å². The Hall–Kier alpha value is -1.44. The van der Waals surface area contributed by atoms with Gasteiger partial charge >= 0.3 is 0 Å². The summed E-state index contributed by atoms with van der Waals surface area (Å²) in [6.45, 7) is 5.83. The van der Waals surface area contributed by atoms with Crippen LogP contribution in [-0.2, 0) is 14.8 Å². The van der Waals surface area contributed by atoms with Crippen molar-refractivity contribution in [2.24, 2.45) is 5.14 Å². The van der Waals surface area contributed by atoms with Crippen LogP contribution in [0.2, 0.25) is 0 Å². The van der Waals surface area contributed by atoms with Crippen LogP contribution in [0.25, 0.3) is 0 Å². The van der Waals surface area contributed by atoms with Crippen LogP contribution < -0.4 is 15.8 Å². The lowest BCUT2D eigenvalue weighted by molar-refractivity contribution is -0.115. The molecular weight excluding hydrogens is 278 g/mol. The first-order chi connectivity index (χ1) is 9.24. The van der Waals surface area contributed by atoms with Gasteiger partial charge in [0.05, 0.1) is 11.4 Å². The van der Waals surface area contributed by atoms with E-state index in [1.807, 2.05) is 13.8 Å². The van der Waals surface area contributed by atoms with Crippen molar-refractivity contribution in [3.8, 4) is 0 Å². The molecule has 0 saturated carbocycles. The molecule has 112 valence electrons. The summed E-state index contributed by atoms with van der Waals surface area (Å²) in [5.74, 6) is -0.227. The number of benzene rings is 1. The van der Waals surface area contributed by atoms with Gasteiger partial charge in [-0.1, -0.05) is 13.0 Å². The van der Waals surface area contributed by atoms with E-state index in [1.165, 1.54) is 6.07 Å². The lowest BCUT2D eigenvalue weighted by Gasteiger charge is -2.12. The van der Waals surface area contributed by atoms with E-state index in [1.54, 1.807) is 19.1 Å². The molecule has 1 atom stereocenters. The minimum Gasteiger partial charge on any atom is -0.325 e. The summed E-state index contributed by atoms with van der Waals surface area (Å²) in [6.07, 6.45) is 0.924. The Bertz CT molecular complexity index is 585.